The van der Waals surface area contributed by atoms with Crippen LogP contribution in [0, 0.1) is 0 Å². The molecule has 0 spiro atoms. The molecule has 1 heterocycles. The van der Waals surface area contributed by atoms with Crippen LogP contribution in [0.2, 0.25) is 0 Å². The zero-order chi connectivity index (χ0) is 10.8. The molecule has 2 nitrogen and oxygen atoms in total. The largest absolute Gasteiger partial charge is 0.241 e. The van der Waals surface area contributed by atoms with Crippen LogP contribution in [0.25, 0.3) is 0 Å². The van der Waals surface area contributed by atoms with Crippen molar-refractivity contribution in [3.05, 3.63) is 23.8 Å². The lowest BCUT2D eigenvalue weighted by molar-refractivity contribution is 0.487. The average Bonchev–Trinajstić information content (AvgIpc) is 2.18. The Hall–Kier alpha value is -0.920. The van der Waals surface area contributed by atoms with Crippen molar-refractivity contribution in [1.29, 1.82) is 0 Å². The maximum Gasteiger partial charge on any atom is 0.115 e. The van der Waals surface area contributed by atoms with E-state index < -0.39 is 0 Å². The number of rotatable bonds is 3. The summed E-state index contributed by atoms with van der Waals surface area (Å²) < 4.78 is 0. The number of hydrogen-bond donors (Lipinski definition) is 0. The molecule has 14 heavy (non-hydrogen) atoms. The van der Waals surface area contributed by atoms with Crippen molar-refractivity contribution in [2.24, 2.45) is 0 Å². The monoisotopic (exact) mass is 192 g/mol. The lowest BCUT2D eigenvalue weighted by atomic mass is 9.85. The highest BCUT2D eigenvalue weighted by Gasteiger charge is 2.20. The molecule has 0 atom stereocenters. The third kappa shape index (κ3) is 2.31. The normalized spacial score (nSPS) is 12.1. The maximum atomic E-state index is 4.35. The van der Waals surface area contributed by atoms with E-state index in [0.717, 1.165) is 17.8 Å². The highest BCUT2D eigenvalue weighted by atomic mass is 14.8. The summed E-state index contributed by atoms with van der Waals surface area (Å²) in [6, 6.07) is 2.13. The first-order valence-corrected chi connectivity index (χ1v) is 5.29. The molecule has 0 unspecified atom stereocenters. The molecule has 0 saturated carbocycles. The van der Waals surface area contributed by atoms with Crippen LogP contribution in [-0.2, 0) is 5.41 Å². The van der Waals surface area contributed by atoms with E-state index in [-0.39, 0.29) is 5.41 Å². The lowest BCUT2D eigenvalue weighted by Crippen LogP contribution is -2.18. The summed E-state index contributed by atoms with van der Waals surface area (Å²) in [4.78, 5) is 8.63. The van der Waals surface area contributed by atoms with Crippen LogP contribution in [0.5, 0.6) is 0 Å². The van der Waals surface area contributed by atoms with Crippen LogP contribution in [0.15, 0.2) is 12.4 Å². The van der Waals surface area contributed by atoms with Crippen LogP contribution < -0.4 is 0 Å². The van der Waals surface area contributed by atoms with Crippen LogP contribution in [-0.4, -0.2) is 9.97 Å². The van der Waals surface area contributed by atoms with Crippen LogP contribution in [0.4, 0.5) is 0 Å². The zero-order valence-corrected chi connectivity index (χ0v) is 9.83. The first-order chi connectivity index (χ1) is 6.47. The maximum absolute atomic E-state index is 4.35. The zero-order valence-electron chi connectivity index (χ0n) is 9.83. The molecule has 0 aliphatic rings. The van der Waals surface area contributed by atoms with E-state index in [1.54, 1.807) is 6.33 Å². The first-order valence-electron chi connectivity index (χ1n) is 5.29. The van der Waals surface area contributed by atoms with Crippen molar-refractivity contribution in [1.82, 2.24) is 9.97 Å². The van der Waals surface area contributed by atoms with E-state index in [1.807, 2.05) is 0 Å². The van der Waals surface area contributed by atoms with Gasteiger partial charge in [0.2, 0.25) is 0 Å². The fourth-order valence-corrected chi connectivity index (χ4v) is 1.24. The van der Waals surface area contributed by atoms with E-state index in [2.05, 4.69) is 50.7 Å². The molecule has 2 heteroatoms. The first kappa shape index (κ1) is 11.2. The Balaban J connectivity index is 3.05. The molecule has 1 rings (SSSR count). The van der Waals surface area contributed by atoms with Crippen LogP contribution in [0.3, 0.4) is 0 Å². The van der Waals surface area contributed by atoms with Gasteiger partial charge in [0.05, 0.1) is 0 Å². The fourth-order valence-electron chi connectivity index (χ4n) is 1.24. The van der Waals surface area contributed by atoms with Crippen molar-refractivity contribution >= 4 is 0 Å². The van der Waals surface area contributed by atoms with Crippen molar-refractivity contribution in [2.45, 2.75) is 52.4 Å². The van der Waals surface area contributed by atoms with E-state index >= 15 is 0 Å². The fraction of sp³-hybridized carbons (Fsp3) is 0.667. The summed E-state index contributed by atoms with van der Waals surface area (Å²) in [5.74, 6) is 0.476. The van der Waals surface area contributed by atoms with Gasteiger partial charge in [0.25, 0.3) is 0 Å². The quantitative estimate of drug-likeness (QED) is 0.734. The minimum Gasteiger partial charge on any atom is -0.241 e. The standard InChI is InChI=1S/C12H20N2/c1-6-12(4,5)11-7-10(9(2)3)13-8-14-11/h7-9H,6H2,1-5H3. The smallest absolute Gasteiger partial charge is 0.115 e. The number of nitrogens with zero attached hydrogens (tertiary/aromatic N) is 2. The molecular weight excluding hydrogens is 172 g/mol. The molecule has 1 aromatic heterocycles. The Morgan fingerprint density at radius 2 is 1.93 bits per heavy atom. The molecule has 1 aromatic rings. The minimum atomic E-state index is 0.159. The Labute approximate surface area is 86.8 Å². The predicted octanol–water partition coefficient (Wildman–Crippen LogP) is 3.29. The molecule has 0 aliphatic heterocycles. The van der Waals surface area contributed by atoms with Gasteiger partial charge in [-0.25, -0.2) is 9.97 Å². The molecule has 0 N–H and O–H groups in total. The molecule has 0 aliphatic carbocycles. The molecule has 0 amide bonds. The SMILES string of the molecule is CCC(C)(C)c1cc(C(C)C)ncn1. The van der Waals surface area contributed by atoms with E-state index in [1.165, 1.54) is 0 Å². The summed E-state index contributed by atoms with van der Waals surface area (Å²) in [5.41, 5.74) is 2.45. The Kier molecular flexibility index (Phi) is 3.25. The number of aromatic nitrogens is 2. The second-order valence-corrected chi connectivity index (χ2v) is 4.72. The molecular formula is C12H20N2. The Morgan fingerprint density at radius 1 is 1.29 bits per heavy atom. The predicted molar refractivity (Wildman–Crippen MR) is 59.4 cm³/mol. The van der Waals surface area contributed by atoms with Gasteiger partial charge in [0.1, 0.15) is 6.33 Å². The summed E-state index contributed by atoms with van der Waals surface area (Å²) >= 11 is 0. The molecule has 0 bridgehead atoms. The second-order valence-electron chi connectivity index (χ2n) is 4.72. The topological polar surface area (TPSA) is 25.8 Å². The van der Waals surface area contributed by atoms with Gasteiger partial charge < -0.3 is 0 Å². The van der Waals surface area contributed by atoms with E-state index in [0.29, 0.717) is 5.92 Å². The summed E-state index contributed by atoms with van der Waals surface area (Å²) in [6.45, 7) is 11.0. The van der Waals surface area contributed by atoms with Crippen molar-refractivity contribution in [2.75, 3.05) is 0 Å². The van der Waals surface area contributed by atoms with Gasteiger partial charge in [-0.05, 0) is 18.4 Å². The van der Waals surface area contributed by atoms with Crippen molar-refractivity contribution < 1.29 is 0 Å². The second kappa shape index (κ2) is 4.07. The molecule has 0 radical (unpaired) electrons. The third-order valence-corrected chi connectivity index (χ3v) is 2.86. The van der Waals surface area contributed by atoms with Gasteiger partial charge in [-0.15, -0.1) is 0 Å². The van der Waals surface area contributed by atoms with Gasteiger partial charge in [-0.2, -0.15) is 0 Å². The van der Waals surface area contributed by atoms with Gasteiger partial charge in [-0.3, -0.25) is 0 Å². The number of hydrogen-bond acceptors (Lipinski definition) is 2. The average molecular weight is 192 g/mol. The molecule has 0 fully saturated rings. The summed E-state index contributed by atoms with van der Waals surface area (Å²) in [7, 11) is 0. The van der Waals surface area contributed by atoms with Crippen LogP contribution in [0.1, 0.15) is 58.3 Å². The van der Waals surface area contributed by atoms with Crippen molar-refractivity contribution in [3.8, 4) is 0 Å². The highest BCUT2D eigenvalue weighted by molar-refractivity contribution is 5.18. The van der Waals surface area contributed by atoms with Gasteiger partial charge in [0.15, 0.2) is 0 Å². The van der Waals surface area contributed by atoms with E-state index in [4.69, 9.17) is 0 Å². The van der Waals surface area contributed by atoms with Gasteiger partial charge in [-0.1, -0.05) is 34.6 Å². The van der Waals surface area contributed by atoms with Gasteiger partial charge >= 0.3 is 0 Å². The Bertz CT molecular complexity index is 303. The summed E-state index contributed by atoms with van der Waals surface area (Å²) in [6.07, 6.45) is 2.78. The highest BCUT2D eigenvalue weighted by Crippen LogP contribution is 2.25. The summed E-state index contributed by atoms with van der Waals surface area (Å²) in [5, 5.41) is 0. The minimum absolute atomic E-state index is 0.159. The Morgan fingerprint density at radius 3 is 2.43 bits per heavy atom. The van der Waals surface area contributed by atoms with Crippen LogP contribution >= 0.6 is 0 Å². The third-order valence-electron chi connectivity index (χ3n) is 2.86. The van der Waals surface area contributed by atoms with E-state index in [9.17, 15) is 0 Å². The van der Waals surface area contributed by atoms with Gasteiger partial charge in [0, 0.05) is 16.8 Å². The molecule has 0 saturated heterocycles. The molecule has 78 valence electrons. The molecule has 0 aromatic carbocycles. The van der Waals surface area contributed by atoms with Crippen molar-refractivity contribution in [3.63, 3.8) is 0 Å². The lowest BCUT2D eigenvalue weighted by Gasteiger charge is -2.22.